The van der Waals surface area contributed by atoms with Gasteiger partial charge in [-0.3, -0.25) is 0 Å². The second kappa shape index (κ2) is 9.97. The fraction of sp³-hybridized carbons (Fsp3) is 0.120. The number of nitrogens with one attached hydrogen (secondary N) is 3. The van der Waals surface area contributed by atoms with Crippen molar-refractivity contribution in [2.24, 2.45) is 0 Å². The first-order valence-electron chi connectivity index (χ1n) is 11.0. The van der Waals surface area contributed by atoms with Crippen molar-refractivity contribution < 1.29 is 17.9 Å². The molecular formula is C25H20F3N7OS. The zero-order valence-corrected chi connectivity index (χ0v) is 20.4. The Labute approximate surface area is 213 Å². The lowest BCUT2D eigenvalue weighted by molar-refractivity contribution is -0.137. The molecule has 0 saturated carbocycles. The fourth-order valence-electron chi connectivity index (χ4n) is 3.62. The molecule has 5 rings (SSSR count). The molecular weight excluding hydrogens is 503 g/mol. The third kappa shape index (κ3) is 5.43. The summed E-state index contributed by atoms with van der Waals surface area (Å²) in [5.41, 5.74) is 1.76. The van der Waals surface area contributed by atoms with Gasteiger partial charge in [-0.15, -0.1) is 22.0 Å². The number of methoxy groups -OCH3 is 1. The molecule has 0 aliphatic carbocycles. The monoisotopic (exact) mass is 523 g/mol. The van der Waals surface area contributed by atoms with Crippen LogP contribution >= 0.6 is 11.8 Å². The van der Waals surface area contributed by atoms with Gasteiger partial charge in [0.15, 0.2) is 5.82 Å². The Morgan fingerprint density at radius 2 is 1.76 bits per heavy atom. The van der Waals surface area contributed by atoms with E-state index in [1.54, 1.807) is 25.1 Å². The number of H-pyrrole nitrogens is 1. The predicted molar refractivity (Wildman–Crippen MR) is 138 cm³/mol. The molecule has 2 heterocycles. The van der Waals surface area contributed by atoms with Gasteiger partial charge in [-0.1, -0.05) is 6.07 Å². The van der Waals surface area contributed by atoms with Gasteiger partial charge >= 0.3 is 6.18 Å². The number of alkyl halides is 3. The molecule has 0 radical (unpaired) electrons. The van der Waals surface area contributed by atoms with E-state index in [-0.39, 0.29) is 11.6 Å². The molecule has 188 valence electrons. The SMILES string of the molecule is COc1cc(SC)cc2nc(Nc3ccc(-c4nnc(Nc5cccc(C(F)(F)F)c5)[nH]4)cc3)ncc12. The van der Waals surface area contributed by atoms with E-state index in [0.29, 0.717) is 17.5 Å². The molecule has 0 saturated heterocycles. The summed E-state index contributed by atoms with van der Waals surface area (Å²) >= 11 is 1.60. The lowest BCUT2D eigenvalue weighted by atomic mass is 10.2. The van der Waals surface area contributed by atoms with E-state index in [0.717, 1.165) is 39.2 Å². The summed E-state index contributed by atoms with van der Waals surface area (Å²) in [7, 11) is 1.62. The van der Waals surface area contributed by atoms with Gasteiger partial charge in [0.05, 0.1) is 23.6 Å². The normalized spacial score (nSPS) is 11.5. The number of fused-ring (bicyclic) bond motifs is 1. The fourth-order valence-corrected chi connectivity index (χ4v) is 4.08. The van der Waals surface area contributed by atoms with Crippen LogP contribution in [-0.4, -0.2) is 38.5 Å². The largest absolute Gasteiger partial charge is 0.496 e. The minimum Gasteiger partial charge on any atom is -0.496 e. The van der Waals surface area contributed by atoms with E-state index < -0.39 is 11.7 Å². The molecule has 0 atom stereocenters. The smallest absolute Gasteiger partial charge is 0.416 e. The van der Waals surface area contributed by atoms with Crippen LogP contribution in [0, 0.1) is 0 Å². The van der Waals surface area contributed by atoms with Crippen molar-refractivity contribution in [2.45, 2.75) is 11.1 Å². The zero-order chi connectivity index (χ0) is 26.0. The van der Waals surface area contributed by atoms with E-state index >= 15 is 0 Å². The average Bonchev–Trinajstić information content (AvgIpc) is 3.36. The first kappa shape index (κ1) is 24.4. The molecule has 3 N–H and O–H groups in total. The third-order valence-electron chi connectivity index (χ3n) is 5.45. The molecule has 2 aromatic heterocycles. The van der Waals surface area contributed by atoms with Gasteiger partial charge in [-0.2, -0.15) is 13.2 Å². The minimum atomic E-state index is -4.43. The second-order valence-electron chi connectivity index (χ2n) is 7.88. The molecule has 37 heavy (non-hydrogen) atoms. The summed E-state index contributed by atoms with van der Waals surface area (Å²) in [6.45, 7) is 0. The lowest BCUT2D eigenvalue weighted by Gasteiger charge is -2.10. The standard InChI is InChI=1S/C25H20F3N7OS/c1-36-21-12-18(37-2)11-20-19(21)13-29-23(32-20)30-16-8-6-14(7-9-16)22-33-24(35-34-22)31-17-5-3-4-15(10-17)25(26,27)28/h3-13H,1-2H3,(H,29,30,32)(H2,31,33,34,35). The lowest BCUT2D eigenvalue weighted by Crippen LogP contribution is -2.05. The van der Waals surface area contributed by atoms with Crippen LogP contribution < -0.4 is 15.4 Å². The molecule has 5 aromatic rings. The van der Waals surface area contributed by atoms with Gasteiger partial charge < -0.3 is 20.4 Å². The minimum absolute atomic E-state index is 0.223. The first-order valence-corrected chi connectivity index (χ1v) is 12.2. The first-order chi connectivity index (χ1) is 17.8. The van der Waals surface area contributed by atoms with E-state index in [1.165, 1.54) is 12.1 Å². The van der Waals surface area contributed by atoms with Gasteiger partial charge in [-0.25, -0.2) is 9.97 Å². The number of halogens is 3. The zero-order valence-electron chi connectivity index (χ0n) is 19.6. The van der Waals surface area contributed by atoms with Crippen molar-refractivity contribution in [2.75, 3.05) is 24.0 Å². The highest BCUT2D eigenvalue weighted by molar-refractivity contribution is 7.98. The van der Waals surface area contributed by atoms with E-state index in [4.69, 9.17) is 4.74 Å². The quantitative estimate of drug-likeness (QED) is 0.204. The maximum Gasteiger partial charge on any atom is 0.416 e. The number of ether oxygens (including phenoxy) is 1. The highest BCUT2D eigenvalue weighted by Gasteiger charge is 2.30. The Morgan fingerprint density at radius 1 is 0.946 bits per heavy atom. The van der Waals surface area contributed by atoms with Crippen molar-refractivity contribution in [1.82, 2.24) is 25.1 Å². The van der Waals surface area contributed by atoms with Gasteiger partial charge in [-0.05, 0) is 60.9 Å². The molecule has 0 unspecified atom stereocenters. The predicted octanol–water partition coefficient (Wildman–Crippen LogP) is 6.65. The van der Waals surface area contributed by atoms with E-state index in [2.05, 4.69) is 35.8 Å². The van der Waals surface area contributed by atoms with Crippen molar-refractivity contribution in [1.29, 1.82) is 0 Å². The molecule has 0 fully saturated rings. The van der Waals surface area contributed by atoms with Crippen LogP contribution in [0.1, 0.15) is 5.56 Å². The van der Waals surface area contributed by atoms with Crippen molar-refractivity contribution >= 4 is 45.9 Å². The summed E-state index contributed by atoms with van der Waals surface area (Å²) in [6, 6.07) is 16.1. The molecule has 0 aliphatic rings. The average molecular weight is 524 g/mol. The Morgan fingerprint density at radius 3 is 2.49 bits per heavy atom. The van der Waals surface area contributed by atoms with Crippen LogP contribution in [0.15, 0.2) is 71.8 Å². The molecule has 8 nitrogen and oxygen atoms in total. The van der Waals surface area contributed by atoms with Gasteiger partial charge in [0.2, 0.25) is 11.9 Å². The van der Waals surface area contributed by atoms with Crippen LogP contribution in [0.5, 0.6) is 5.75 Å². The number of aromatic nitrogens is 5. The maximum atomic E-state index is 13.0. The molecule has 0 bridgehead atoms. The van der Waals surface area contributed by atoms with Gasteiger partial charge in [0.25, 0.3) is 0 Å². The van der Waals surface area contributed by atoms with Crippen molar-refractivity contribution in [3.63, 3.8) is 0 Å². The molecule has 12 heteroatoms. The van der Waals surface area contributed by atoms with Gasteiger partial charge in [0.1, 0.15) is 5.75 Å². The van der Waals surface area contributed by atoms with Crippen LogP contribution in [0.4, 0.5) is 36.4 Å². The number of hydrogen-bond acceptors (Lipinski definition) is 8. The number of thioether (sulfide) groups is 1. The van der Waals surface area contributed by atoms with Gasteiger partial charge in [0, 0.05) is 28.0 Å². The number of benzene rings is 3. The summed E-state index contributed by atoms with van der Waals surface area (Å²) in [5, 5.41) is 14.9. The number of hydrogen-bond donors (Lipinski definition) is 3. The number of anilines is 4. The Hall–Kier alpha value is -4.32. The topological polar surface area (TPSA) is 101 Å². The maximum absolute atomic E-state index is 13.0. The summed E-state index contributed by atoms with van der Waals surface area (Å²) < 4.78 is 44.3. The summed E-state index contributed by atoms with van der Waals surface area (Å²) in [6.07, 6.45) is -0.723. The highest BCUT2D eigenvalue weighted by Crippen LogP contribution is 2.32. The second-order valence-corrected chi connectivity index (χ2v) is 8.76. The van der Waals surface area contributed by atoms with E-state index in [9.17, 15) is 13.2 Å². The van der Waals surface area contributed by atoms with Crippen LogP contribution in [-0.2, 0) is 6.18 Å². The van der Waals surface area contributed by atoms with Crippen LogP contribution in [0.3, 0.4) is 0 Å². The number of aromatic amines is 1. The molecule has 0 aliphatic heterocycles. The Bertz CT molecular complexity index is 1550. The molecule has 0 amide bonds. The van der Waals surface area contributed by atoms with E-state index in [1.807, 2.05) is 42.7 Å². The van der Waals surface area contributed by atoms with Crippen molar-refractivity contribution in [3.8, 4) is 17.1 Å². The van der Waals surface area contributed by atoms with Crippen LogP contribution in [0.25, 0.3) is 22.3 Å². The molecule has 3 aromatic carbocycles. The van der Waals surface area contributed by atoms with Crippen LogP contribution in [0.2, 0.25) is 0 Å². The molecule has 0 spiro atoms. The summed E-state index contributed by atoms with van der Waals surface area (Å²) in [5.74, 6) is 1.83. The third-order valence-corrected chi connectivity index (χ3v) is 6.15. The Kier molecular flexibility index (Phi) is 6.57. The number of rotatable bonds is 7. The number of nitrogens with zero attached hydrogens (tertiary/aromatic N) is 4. The Balaban J connectivity index is 1.30. The van der Waals surface area contributed by atoms with Crippen molar-refractivity contribution in [3.05, 3.63) is 72.4 Å². The summed E-state index contributed by atoms with van der Waals surface area (Å²) in [4.78, 5) is 13.0. The highest BCUT2D eigenvalue weighted by atomic mass is 32.2.